The summed E-state index contributed by atoms with van der Waals surface area (Å²) >= 11 is 0. The molecule has 0 aliphatic carbocycles. The van der Waals surface area contributed by atoms with Crippen molar-refractivity contribution in [3.63, 3.8) is 0 Å². The first-order valence-corrected chi connectivity index (χ1v) is 7.72. The highest BCUT2D eigenvalue weighted by atomic mass is 17.3. The van der Waals surface area contributed by atoms with Crippen LogP contribution >= 0.6 is 0 Å². The molecule has 122 valence electrons. The van der Waals surface area contributed by atoms with E-state index in [-0.39, 0.29) is 11.2 Å². The molecule has 0 spiro atoms. The fraction of sp³-hybridized carbons (Fsp3) is 1.00. The van der Waals surface area contributed by atoms with Crippen molar-refractivity contribution in [2.75, 3.05) is 0 Å². The maximum absolute atomic E-state index is 5.41. The molecule has 20 heavy (non-hydrogen) atoms. The van der Waals surface area contributed by atoms with Gasteiger partial charge in [0.15, 0.2) is 0 Å². The minimum atomic E-state index is -0.500. The number of unbranched alkanes of at least 4 members (excludes halogenated alkanes) is 1. The van der Waals surface area contributed by atoms with Crippen LogP contribution in [0.5, 0.6) is 0 Å². The van der Waals surface area contributed by atoms with Crippen molar-refractivity contribution in [2.24, 2.45) is 5.92 Å². The van der Waals surface area contributed by atoms with Gasteiger partial charge in [0, 0.05) is 6.42 Å². The van der Waals surface area contributed by atoms with Crippen LogP contribution in [0.25, 0.3) is 0 Å². The van der Waals surface area contributed by atoms with Gasteiger partial charge < -0.3 is 0 Å². The third-order valence-corrected chi connectivity index (χ3v) is 2.46. The van der Waals surface area contributed by atoms with E-state index in [9.17, 15) is 0 Å². The Morgan fingerprint density at radius 3 is 1.65 bits per heavy atom. The standard InChI is InChI=1S/C16H34O4/c1-9-10-11-13(2)12-14(17-19-15(3,4)5)18-20-16(6,7)8/h13-14H,9-12H2,1-8H3. The predicted molar refractivity (Wildman–Crippen MR) is 80.9 cm³/mol. The molecule has 0 N–H and O–H groups in total. The van der Waals surface area contributed by atoms with Gasteiger partial charge >= 0.3 is 0 Å². The molecule has 4 nitrogen and oxygen atoms in total. The lowest BCUT2D eigenvalue weighted by Gasteiger charge is -2.27. The zero-order chi connectivity index (χ0) is 15.8. The molecule has 0 heterocycles. The third kappa shape index (κ3) is 12.9. The first-order chi connectivity index (χ1) is 9.03. The van der Waals surface area contributed by atoms with Crippen molar-refractivity contribution in [3.8, 4) is 0 Å². The van der Waals surface area contributed by atoms with Gasteiger partial charge in [-0.3, -0.25) is 0 Å². The Labute approximate surface area is 125 Å². The molecule has 0 fully saturated rings. The van der Waals surface area contributed by atoms with Crippen LogP contribution in [0.4, 0.5) is 0 Å². The van der Waals surface area contributed by atoms with E-state index in [1.54, 1.807) is 0 Å². The molecule has 0 saturated carbocycles. The van der Waals surface area contributed by atoms with Crippen LogP contribution in [-0.4, -0.2) is 17.5 Å². The van der Waals surface area contributed by atoms with E-state index < -0.39 is 6.29 Å². The molecular formula is C16H34O4. The van der Waals surface area contributed by atoms with Gasteiger partial charge in [-0.1, -0.05) is 33.1 Å². The number of hydrogen-bond acceptors (Lipinski definition) is 4. The summed E-state index contributed by atoms with van der Waals surface area (Å²) < 4.78 is 0. The van der Waals surface area contributed by atoms with Crippen molar-refractivity contribution in [1.29, 1.82) is 0 Å². The predicted octanol–water partition coefficient (Wildman–Crippen LogP) is 5.02. The molecule has 0 aliphatic heterocycles. The Hall–Kier alpha value is -0.160. The second kappa shape index (κ2) is 8.98. The lowest BCUT2D eigenvalue weighted by molar-refractivity contribution is -0.499. The Bertz CT molecular complexity index is 222. The van der Waals surface area contributed by atoms with E-state index in [0.29, 0.717) is 5.92 Å². The maximum atomic E-state index is 5.41. The average Bonchev–Trinajstić information content (AvgIpc) is 2.27. The van der Waals surface area contributed by atoms with Gasteiger partial charge in [-0.15, -0.1) is 0 Å². The zero-order valence-electron chi connectivity index (χ0n) is 14.6. The summed E-state index contributed by atoms with van der Waals surface area (Å²) in [4.78, 5) is 21.5. The highest BCUT2D eigenvalue weighted by Crippen LogP contribution is 2.21. The lowest BCUT2D eigenvalue weighted by Crippen LogP contribution is -2.30. The van der Waals surface area contributed by atoms with E-state index in [4.69, 9.17) is 19.6 Å². The van der Waals surface area contributed by atoms with Gasteiger partial charge in [0.05, 0.1) is 11.2 Å². The summed E-state index contributed by atoms with van der Waals surface area (Å²) in [6, 6.07) is 0. The van der Waals surface area contributed by atoms with Crippen molar-refractivity contribution in [2.45, 2.75) is 98.6 Å². The number of hydrogen-bond donors (Lipinski definition) is 0. The minimum absolute atomic E-state index is 0.365. The van der Waals surface area contributed by atoms with Gasteiger partial charge in [-0.05, 0) is 47.5 Å². The van der Waals surface area contributed by atoms with Gasteiger partial charge in [-0.2, -0.15) is 0 Å². The SMILES string of the molecule is CCCCC(C)CC(OOC(C)(C)C)OOC(C)(C)C. The summed E-state index contributed by atoms with van der Waals surface area (Å²) in [5, 5.41) is 0. The topological polar surface area (TPSA) is 36.9 Å². The lowest BCUT2D eigenvalue weighted by atomic mass is 10.0. The minimum Gasteiger partial charge on any atom is -0.228 e. The molecule has 0 aromatic heterocycles. The fourth-order valence-electron chi connectivity index (χ4n) is 1.49. The zero-order valence-corrected chi connectivity index (χ0v) is 14.6. The molecule has 0 saturated heterocycles. The number of rotatable bonds is 9. The van der Waals surface area contributed by atoms with E-state index in [1.807, 2.05) is 41.5 Å². The molecular weight excluding hydrogens is 256 g/mol. The van der Waals surface area contributed by atoms with Crippen molar-refractivity contribution in [1.82, 2.24) is 0 Å². The first-order valence-electron chi connectivity index (χ1n) is 7.72. The second-order valence-electron chi connectivity index (χ2n) is 7.50. The van der Waals surface area contributed by atoms with Crippen LogP contribution in [0.2, 0.25) is 0 Å². The van der Waals surface area contributed by atoms with Gasteiger partial charge in [0.2, 0.25) is 6.29 Å². The average molecular weight is 290 g/mol. The van der Waals surface area contributed by atoms with Crippen LogP contribution in [0, 0.1) is 5.92 Å². The summed E-state index contributed by atoms with van der Waals surface area (Å²) in [5.41, 5.74) is -0.730. The Morgan fingerprint density at radius 2 is 1.30 bits per heavy atom. The normalized spacial score (nSPS) is 14.8. The molecule has 1 unspecified atom stereocenters. The monoisotopic (exact) mass is 290 g/mol. The largest absolute Gasteiger partial charge is 0.228 e. The molecule has 1 atom stereocenters. The Morgan fingerprint density at radius 1 is 0.850 bits per heavy atom. The molecule has 0 bridgehead atoms. The van der Waals surface area contributed by atoms with Gasteiger partial charge in [0.1, 0.15) is 0 Å². The summed E-state index contributed by atoms with van der Waals surface area (Å²) in [7, 11) is 0. The van der Waals surface area contributed by atoms with E-state index in [1.165, 1.54) is 12.8 Å². The van der Waals surface area contributed by atoms with Crippen molar-refractivity contribution in [3.05, 3.63) is 0 Å². The second-order valence-corrected chi connectivity index (χ2v) is 7.50. The van der Waals surface area contributed by atoms with Gasteiger partial charge in [0.25, 0.3) is 0 Å². The van der Waals surface area contributed by atoms with Crippen LogP contribution in [0.1, 0.15) is 81.1 Å². The van der Waals surface area contributed by atoms with Crippen LogP contribution in [0.15, 0.2) is 0 Å². The Balaban J connectivity index is 4.30. The van der Waals surface area contributed by atoms with Crippen LogP contribution in [-0.2, 0) is 19.6 Å². The third-order valence-electron chi connectivity index (χ3n) is 2.46. The summed E-state index contributed by atoms with van der Waals surface area (Å²) in [6.07, 6.45) is 3.83. The summed E-state index contributed by atoms with van der Waals surface area (Å²) in [6.45, 7) is 16.0. The van der Waals surface area contributed by atoms with E-state index in [2.05, 4.69) is 13.8 Å². The summed E-state index contributed by atoms with van der Waals surface area (Å²) in [5.74, 6) is 0.507. The van der Waals surface area contributed by atoms with E-state index >= 15 is 0 Å². The quantitative estimate of drug-likeness (QED) is 0.339. The molecule has 0 aliphatic rings. The molecule has 0 aromatic rings. The maximum Gasteiger partial charge on any atom is 0.224 e. The highest BCUT2D eigenvalue weighted by Gasteiger charge is 2.23. The fourth-order valence-corrected chi connectivity index (χ4v) is 1.49. The van der Waals surface area contributed by atoms with E-state index in [0.717, 1.165) is 12.8 Å². The van der Waals surface area contributed by atoms with Crippen molar-refractivity contribution >= 4 is 0 Å². The van der Waals surface area contributed by atoms with Gasteiger partial charge in [-0.25, -0.2) is 19.6 Å². The molecule has 0 aromatic carbocycles. The smallest absolute Gasteiger partial charge is 0.224 e. The first kappa shape index (κ1) is 19.8. The van der Waals surface area contributed by atoms with Crippen LogP contribution in [0.3, 0.4) is 0 Å². The molecule has 4 heteroatoms. The molecule has 0 rings (SSSR count). The Kier molecular flexibility index (Phi) is 8.91. The molecule has 0 radical (unpaired) electrons. The molecule has 0 amide bonds. The van der Waals surface area contributed by atoms with Crippen molar-refractivity contribution < 1.29 is 19.6 Å². The van der Waals surface area contributed by atoms with Crippen LogP contribution < -0.4 is 0 Å². The highest BCUT2D eigenvalue weighted by molar-refractivity contribution is 4.59.